The molecule has 5 nitrogen and oxygen atoms in total. The molecule has 0 atom stereocenters. The summed E-state index contributed by atoms with van der Waals surface area (Å²) < 4.78 is 11.1. The minimum absolute atomic E-state index is 0.126. The highest BCUT2D eigenvalue weighted by Gasteiger charge is 2.14. The van der Waals surface area contributed by atoms with Gasteiger partial charge in [-0.3, -0.25) is 4.79 Å². The van der Waals surface area contributed by atoms with Gasteiger partial charge in [0.15, 0.2) is 11.5 Å². The van der Waals surface area contributed by atoms with Crippen molar-refractivity contribution in [1.82, 2.24) is 10.6 Å². The van der Waals surface area contributed by atoms with Crippen molar-refractivity contribution in [2.24, 2.45) is 5.92 Å². The van der Waals surface area contributed by atoms with Crippen LogP contribution >= 0.6 is 0 Å². The normalized spacial score (nSPS) is 15.0. The third-order valence-corrected chi connectivity index (χ3v) is 4.71. The molecule has 0 aromatic heterocycles. The second kappa shape index (κ2) is 11.0. The number of ether oxygens (including phenoxy) is 2. The van der Waals surface area contributed by atoms with Gasteiger partial charge in [-0.15, -0.1) is 0 Å². The van der Waals surface area contributed by atoms with Gasteiger partial charge >= 0.3 is 0 Å². The first kappa shape index (κ1) is 19.6. The molecule has 1 saturated heterocycles. The van der Waals surface area contributed by atoms with Crippen molar-refractivity contribution in [2.75, 3.05) is 26.8 Å². The van der Waals surface area contributed by atoms with Crippen molar-refractivity contribution in [1.29, 1.82) is 0 Å². The number of carbonyl (C=O) groups excluding carboxylic acids is 1. The SMILES string of the molecule is CCCCOc1ccc(CNC(=O)CCC2CCNCC2)cc1OC. The van der Waals surface area contributed by atoms with E-state index in [4.69, 9.17) is 9.47 Å². The molecule has 1 amide bonds. The average Bonchev–Trinajstić information content (AvgIpc) is 2.66. The molecule has 1 aliphatic heterocycles. The second-order valence-corrected chi connectivity index (χ2v) is 6.70. The van der Waals surface area contributed by atoms with Gasteiger partial charge in [0, 0.05) is 13.0 Å². The maximum atomic E-state index is 12.1. The number of amides is 1. The van der Waals surface area contributed by atoms with Gasteiger partial charge < -0.3 is 20.1 Å². The Kier molecular flexibility index (Phi) is 8.60. The van der Waals surface area contributed by atoms with E-state index < -0.39 is 0 Å². The molecule has 0 unspecified atom stereocenters. The Labute approximate surface area is 151 Å². The highest BCUT2D eigenvalue weighted by atomic mass is 16.5. The quantitative estimate of drug-likeness (QED) is 0.637. The van der Waals surface area contributed by atoms with Crippen molar-refractivity contribution in [3.63, 3.8) is 0 Å². The molecular formula is C20H32N2O3. The zero-order valence-corrected chi connectivity index (χ0v) is 15.6. The molecule has 1 heterocycles. The van der Waals surface area contributed by atoms with Gasteiger partial charge in [-0.05, 0) is 62.4 Å². The van der Waals surface area contributed by atoms with Gasteiger partial charge in [-0.1, -0.05) is 19.4 Å². The first-order chi connectivity index (χ1) is 12.2. The lowest BCUT2D eigenvalue weighted by molar-refractivity contribution is -0.121. The lowest BCUT2D eigenvalue weighted by Gasteiger charge is -2.22. The minimum atomic E-state index is 0.126. The minimum Gasteiger partial charge on any atom is -0.493 e. The van der Waals surface area contributed by atoms with Gasteiger partial charge in [0.1, 0.15) is 0 Å². The highest BCUT2D eigenvalue weighted by Crippen LogP contribution is 2.28. The molecule has 2 N–H and O–H groups in total. The number of hydrogen-bond donors (Lipinski definition) is 2. The van der Waals surface area contributed by atoms with Gasteiger partial charge in [-0.25, -0.2) is 0 Å². The van der Waals surface area contributed by atoms with Gasteiger partial charge in [0.05, 0.1) is 13.7 Å². The molecule has 1 aromatic carbocycles. The Morgan fingerprint density at radius 2 is 2.08 bits per heavy atom. The van der Waals surface area contributed by atoms with Gasteiger partial charge in [0.25, 0.3) is 0 Å². The van der Waals surface area contributed by atoms with Crippen molar-refractivity contribution >= 4 is 5.91 Å². The first-order valence-electron chi connectivity index (χ1n) is 9.50. The van der Waals surface area contributed by atoms with E-state index in [1.807, 2.05) is 18.2 Å². The molecule has 1 aromatic rings. The van der Waals surface area contributed by atoms with Crippen LogP contribution in [0.3, 0.4) is 0 Å². The molecule has 0 saturated carbocycles. The van der Waals surface area contributed by atoms with E-state index in [-0.39, 0.29) is 5.91 Å². The Morgan fingerprint density at radius 3 is 2.80 bits per heavy atom. The molecule has 1 aliphatic rings. The molecule has 1 fully saturated rings. The maximum Gasteiger partial charge on any atom is 0.220 e. The summed E-state index contributed by atoms with van der Waals surface area (Å²) in [4.78, 5) is 12.1. The number of methoxy groups -OCH3 is 1. The fourth-order valence-electron chi connectivity index (χ4n) is 3.06. The van der Waals surface area contributed by atoms with Crippen LogP contribution in [0.1, 0.15) is 51.0 Å². The smallest absolute Gasteiger partial charge is 0.220 e. The second-order valence-electron chi connectivity index (χ2n) is 6.70. The van der Waals surface area contributed by atoms with E-state index in [2.05, 4.69) is 17.6 Å². The van der Waals surface area contributed by atoms with E-state index in [1.165, 1.54) is 12.8 Å². The Balaban J connectivity index is 1.76. The zero-order valence-electron chi connectivity index (χ0n) is 15.6. The standard InChI is InChI=1S/C20H32N2O3/c1-3-4-13-25-18-7-5-17(14-19(18)24-2)15-22-20(23)8-6-16-9-11-21-12-10-16/h5,7,14,16,21H,3-4,6,8-13,15H2,1-2H3,(H,22,23). The lowest BCUT2D eigenvalue weighted by Crippen LogP contribution is -2.29. The number of unbranched alkanes of at least 4 members (excludes halogenated alkanes) is 1. The summed E-state index contributed by atoms with van der Waals surface area (Å²) in [5.74, 6) is 2.29. The molecule has 2 rings (SSSR count). The molecule has 0 bridgehead atoms. The third kappa shape index (κ3) is 6.94. The molecule has 0 aliphatic carbocycles. The van der Waals surface area contributed by atoms with Crippen LogP contribution in [0.4, 0.5) is 0 Å². The Morgan fingerprint density at radius 1 is 1.28 bits per heavy atom. The zero-order chi connectivity index (χ0) is 17.9. The van der Waals surface area contributed by atoms with Crippen LogP contribution in [0.25, 0.3) is 0 Å². The average molecular weight is 348 g/mol. The number of nitrogens with one attached hydrogen (secondary N) is 2. The summed E-state index contributed by atoms with van der Waals surface area (Å²) in [5, 5.41) is 6.37. The molecular weight excluding hydrogens is 316 g/mol. The van der Waals surface area contributed by atoms with E-state index >= 15 is 0 Å². The Hall–Kier alpha value is -1.75. The third-order valence-electron chi connectivity index (χ3n) is 4.71. The van der Waals surface area contributed by atoms with Crippen LogP contribution in [0.15, 0.2) is 18.2 Å². The summed E-state index contributed by atoms with van der Waals surface area (Å²) in [6.45, 7) is 5.52. The summed E-state index contributed by atoms with van der Waals surface area (Å²) in [6, 6.07) is 5.84. The molecule has 0 spiro atoms. The number of piperidine rings is 1. The maximum absolute atomic E-state index is 12.1. The summed E-state index contributed by atoms with van der Waals surface area (Å²) in [7, 11) is 1.64. The van der Waals surface area contributed by atoms with E-state index in [9.17, 15) is 4.79 Å². The predicted molar refractivity (Wildman–Crippen MR) is 100 cm³/mol. The van der Waals surface area contributed by atoms with E-state index in [0.29, 0.717) is 25.5 Å². The Bertz CT molecular complexity index is 528. The monoisotopic (exact) mass is 348 g/mol. The van der Waals surface area contributed by atoms with Crippen LogP contribution in [-0.2, 0) is 11.3 Å². The molecule has 5 heteroatoms. The number of benzene rings is 1. The fourth-order valence-corrected chi connectivity index (χ4v) is 3.06. The fraction of sp³-hybridized carbons (Fsp3) is 0.650. The highest BCUT2D eigenvalue weighted by molar-refractivity contribution is 5.75. The van der Waals surface area contributed by atoms with E-state index in [0.717, 1.165) is 49.4 Å². The number of hydrogen-bond acceptors (Lipinski definition) is 4. The van der Waals surface area contributed by atoms with Crippen molar-refractivity contribution in [2.45, 2.75) is 52.0 Å². The van der Waals surface area contributed by atoms with E-state index in [1.54, 1.807) is 7.11 Å². The molecule has 0 radical (unpaired) electrons. The molecule has 25 heavy (non-hydrogen) atoms. The predicted octanol–water partition coefficient (Wildman–Crippen LogP) is 3.27. The van der Waals surface area contributed by atoms with Crippen molar-refractivity contribution < 1.29 is 14.3 Å². The van der Waals surface area contributed by atoms with Gasteiger partial charge in [-0.2, -0.15) is 0 Å². The summed E-state index contributed by atoms with van der Waals surface area (Å²) in [5.41, 5.74) is 1.02. The van der Waals surface area contributed by atoms with Crippen LogP contribution in [0, 0.1) is 5.92 Å². The lowest BCUT2D eigenvalue weighted by atomic mass is 9.93. The topological polar surface area (TPSA) is 59.6 Å². The first-order valence-corrected chi connectivity index (χ1v) is 9.50. The van der Waals surface area contributed by atoms with Crippen LogP contribution < -0.4 is 20.1 Å². The van der Waals surface area contributed by atoms with Crippen molar-refractivity contribution in [3.05, 3.63) is 23.8 Å². The summed E-state index contributed by atoms with van der Waals surface area (Å²) >= 11 is 0. The van der Waals surface area contributed by atoms with Crippen LogP contribution in [0.5, 0.6) is 11.5 Å². The summed E-state index contributed by atoms with van der Waals surface area (Å²) in [6.07, 6.45) is 6.09. The van der Waals surface area contributed by atoms with Crippen LogP contribution in [0.2, 0.25) is 0 Å². The molecule has 140 valence electrons. The van der Waals surface area contributed by atoms with Gasteiger partial charge in [0.2, 0.25) is 5.91 Å². The largest absolute Gasteiger partial charge is 0.493 e. The van der Waals surface area contributed by atoms with Crippen LogP contribution in [-0.4, -0.2) is 32.7 Å². The number of rotatable bonds is 10. The number of carbonyl (C=O) groups is 1. The van der Waals surface area contributed by atoms with Crippen molar-refractivity contribution in [3.8, 4) is 11.5 Å².